The summed E-state index contributed by atoms with van der Waals surface area (Å²) in [6, 6.07) is 22.7. The number of para-hydroxylation sites is 1. The normalized spacial score (nSPS) is 12.8. The van der Waals surface area contributed by atoms with Crippen LogP contribution < -0.4 is 9.62 Å². The molecule has 0 unspecified atom stereocenters. The van der Waals surface area contributed by atoms with Crippen LogP contribution in [0.4, 0.5) is 5.69 Å². The summed E-state index contributed by atoms with van der Waals surface area (Å²) >= 11 is 6.42. The number of carbonyl (C=O) groups excluding carboxylic acids is 2. The lowest BCUT2D eigenvalue weighted by molar-refractivity contribution is -0.140. The van der Waals surface area contributed by atoms with Crippen molar-refractivity contribution in [2.24, 2.45) is 0 Å². The molecular weight excluding hydrogens is 522 g/mol. The van der Waals surface area contributed by atoms with Gasteiger partial charge in [0, 0.05) is 17.6 Å². The molecule has 0 aromatic heterocycles. The predicted octanol–water partition coefficient (Wildman–Crippen LogP) is 5.26. The Kier molecular flexibility index (Phi) is 10.3. The second-order valence-electron chi connectivity index (χ2n) is 9.02. The van der Waals surface area contributed by atoms with Crippen molar-refractivity contribution in [1.82, 2.24) is 10.2 Å². The lowest BCUT2D eigenvalue weighted by Gasteiger charge is -2.34. The smallest absolute Gasteiger partial charge is 0.264 e. The largest absolute Gasteiger partial charge is 0.352 e. The second kappa shape index (κ2) is 13.4. The van der Waals surface area contributed by atoms with E-state index in [2.05, 4.69) is 5.32 Å². The van der Waals surface area contributed by atoms with Gasteiger partial charge in [-0.2, -0.15) is 0 Å². The molecule has 0 spiro atoms. The third-order valence-electron chi connectivity index (χ3n) is 6.34. The van der Waals surface area contributed by atoms with Crippen LogP contribution in [0.5, 0.6) is 0 Å². The van der Waals surface area contributed by atoms with Crippen molar-refractivity contribution in [2.45, 2.75) is 57.1 Å². The van der Waals surface area contributed by atoms with Crippen molar-refractivity contribution in [3.05, 3.63) is 95.5 Å². The number of carbonyl (C=O) groups is 2. The Bertz CT molecular complexity index is 1320. The first-order valence-corrected chi connectivity index (χ1v) is 14.5. The van der Waals surface area contributed by atoms with E-state index in [0.717, 1.165) is 10.7 Å². The highest BCUT2D eigenvalue weighted by molar-refractivity contribution is 7.92. The Balaban J connectivity index is 2.03. The minimum Gasteiger partial charge on any atom is -0.352 e. The number of sulfonamides is 1. The minimum absolute atomic E-state index is 0.0545. The van der Waals surface area contributed by atoms with Gasteiger partial charge in [-0.15, -0.1) is 0 Å². The van der Waals surface area contributed by atoms with Gasteiger partial charge in [0.1, 0.15) is 12.6 Å². The molecular formula is C29H34ClN3O4S. The summed E-state index contributed by atoms with van der Waals surface area (Å²) < 4.78 is 28.5. The Hall–Kier alpha value is -3.36. The molecule has 3 rings (SSSR count). The molecule has 0 aliphatic rings. The molecule has 3 aromatic rings. The summed E-state index contributed by atoms with van der Waals surface area (Å²) in [5.41, 5.74) is 1.01. The number of hydrogen-bond acceptors (Lipinski definition) is 4. The summed E-state index contributed by atoms with van der Waals surface area (Å²) in [5, 5.41) is 3.42. The highest BCUT2D eigenvalue weighted by atomic mass is 35.5. The van der Waals surface area contributed by atoms with Gasteiger partial charge in [0.2, 0.25) is 11.8 Å². The molecule has 0 aliphatic carbocycles. The van der Waals surface area contributed by atoms with E-state index in [0.29, 0.717) is 22.7 Å². The van der Waals surface area contributed by atoms with Crippen LogP contribution in [-0.4, -0.2) is 43.8 Å². The molecule has 0 fully saturated rings. The van der Waals surface area contributed by atoms with E-state index >= 15 is 0 Å². The SMILES string of the molecule is CC[C@@H](C)NC(=O)[C@@H](CC)N(Cc1ccccc1Cl)C(=O)CN(c1ccccc1)S(=O)(=O)c1ccccc1. The van der Waals surface area contributed by atoms with Crippen LogP contribution in [0.2, 0.25) is 5.02 Å². The minimum atomic E-state index is -4.08. The Morgan fingerprint density at radius 1 is 0.868 bits per heavy atom. The maximum Gasteiger partial charge on any atom is 0.264 e. The van der Waals surface area contributed by atoms with Crippen LogP contribution >= 0.6 is 11.6 Å². The first-order chi connectivity index (χ1) is 18.2. The Morgan fingerprint density at radius 2 is 1.45 bits per heavy atom. The Morgan fingerprint density at radius 3 is 2.03 bits per heavy atom. The predicted molar refractivity (Wildman–Crippen MR) is 151 cm³/mol. The van der Waals surface area contributed by atoms with Gasteiger partial charge in [0.25, 0.3) is 10.0 Å². The number of nitrogens with zero attached hydrogens (tertiary/aromatic N) is 2. The molecule has 2 amide bonds. The lowest BCUT2D eigenvalue weighted by atomic mass is 10.1. The van der Waals surface area contributed by atoms with E-state index in [-0.39, 0.29) is 23.4 Å². The highest BCUT2D eigenvalue weighted by Gasteiger charge is 2.34. The third-order valence-corrected chi connectivity index (χ3v) is 8.50. The van der Waals surface area contributed by atoms with Gasteiger partial charge in [-0.3, -0.25) is 13.9 Å². The molecule has 0 bridgehead atoms. The first-order valence-electron chi connectivity index (χ1n) is 12.6. The summed E-state index contributed by atoms with van der Waals surface area (Å²) in [6.45, 7) is 5.25. The quantitative estimate of drug-likeness (QED) is 0.330. The molecule has 0 heterocycles. The molecule has 2 atom stereocenters. The Labute approximate surface area is 230 Å². The molecule has 0 saturated heterocycles. The van der Waals surface area contributed by atoms with Gasteiger partial charge in [-0.1, -0.05) is 80.0 Å². The fourth-order valence-electron chi connectivity index (χ4n) is 4.01. The maximum atomic E-state index is 14.0. The van der Waals surface area contributed by atoms with Crippen LogP contribution in [0.25, 0.3) is 0 Å². The number of anilines is 1. The van der Waals surface area contributed by atoms with E-state index in [1.165, 1.54) is 17.0 Å². The monoisotopic (exact) mass is 555 g/mol. The van der Waals surface area contributed by atoms with Crippen molar-refractivity contribution < 1.29 is 18.0 Å². The van der Waals surface area contributed by atoms with Crippen LogP contribution in [0, 0.1) is 0 Å². The molecule has 1 N–H and O–H groups in total. The number of hydrogen-bond donors (Lipinski definition) is 1. The van der Waals surface area contributed by atoms with E-state index < -0.39 is 28.5 Å². The molecule has 7 nitrogen and oxygen atoms in total. The molecule has 202 valence electrons. The van der Waals surface area contributed by atoms with Gasteiger partial charge in [-0.05, 0) is 55.7 Å². The van der Waals surface area contributed by atoms with E-state index in [1.54, 1.807) is 72.8 Å². The lowest BCUT2D eigenvalue weighted by Crippen LogP contribution is -2.53. The average Bonchev–Trinajstić information content (AvgIpc) is 2.93. The van der Waals surface area contributed by atoms with Gasteiger partial charge >= 0.3 is 0 Å². The molecule has 9 heteroatoms. The zero-order valence-electron chi connectivity index (χ0n) is 21.9. The van der Waals surface area contributed by atoms with Gasteiger partial charge in [0.05, 0.1) is 10.6 Å². The van der Waals surface area contributed by atoms with E-state index in [1.807, 2.05) is 20.8 Å². The van der Waals surface area contributed by atoms with Crippen LogP contribution in [0.3, 0.4) is 0 Å². The van der Waals surface area contributed by atoms with Crippen molar-refractivity contribution in [2.75, 3.05) is 10.8 Å². The average molecular weight is 556 g/mol. The number of amides is 2. The summed E-state index contributed by atoms with van der Waals surface area (Å²) in [6.07, 6.45) is 1.08. The highest BCUT2D eigenvalue weighted by Crippen LogP contribution is 2.25. The topological polar surface area (TPSA) is 86.8 Å². The molecule has 38 heavy (non-hydrogen) atoms. The van der Waals surface area contributed by atoms with Crippen molar-refractivity contribution >= 4 is 39.1 Å². The van der Waals surface area contributed by atoms with E-state index in [9.17, 15) is 18.0 Å². The zero-order valence-corrected chi connectivity index (χ0v) is 23.5. The standard InChI is InChI=1S/C29H34ClN3O4S/c1-4-22(3)31-29(35)27(5-2)32(20-23-14-12-13-19-26(23)30)28(34)21-33(24-15-8-6-9-16-24)38(36,37)25-17-10-7-11-18-25/h6-19,22,27H,4-5,20-21H2,1-3H3,(H,31,35)/t22-,27-/m1/s1. The summed E-state index contributed by atoms with van der Waals surface area (Å²) in [4.78, 5) is 28.7. The number of nitrogens with one attached hydrogen (secondary N) is 1. The van der Waals surface area contributed by atoms with Crippen molar-refractivity contribution in [1.29, 1.82) is 0 Å². The zero-order chi connectivity index (χ0) is 27.7. The first kappa shape index (κ1) is 29.2. The second-order valence-corrected chi connectivity index (χ2v) is 11.3. The van der Waals surface area contributed by atoms with Crippen LogP contribution in [0.15, 0.2) is 89.8 Å². The van der Waals surface area contributed by atoms with Crippen molar-refractivity contribution in [3.63, 3.8) is 0 Å². The molecule has 0 radical (unpaired) electrons. The molecule has 0 aliphatic heterocycles. The van der Waals surface area contributed by atoms with Gasteiger partial charge < -0.3 is 10.2 Å². The van der Waals surface area contributed by atoms with E-state index in [4.69, 9.17) is 11.6 Å². The molecule has 3 aromatic carbocycles. The number of halogens is 1. The number of rotatable bonds is 12. The maximum absolute atomic E-state index is 14.0. The summed E-state index contributed by atoms with van der Waals surface area (Å²) in [5.74, 6) is -0.807. The van der Waals surface area contributed by atoms with Crippen LogP contribution in [-0.2, 0) is 26.2 Å². The fourth-order valence-corrected chi connectivity index (χ4v) is 5.64. The van der Waals surface area contributed by atoms with Gasteiger partial charge in [-0.25, -0.2) is 8.42 Å². The van der Waals surface area contributed by atoms with Gasteiger partial charge in [0.15, 0.2) is 0 Å². The fraction of sp³-hybridized carbons (Fsp3) is 0.310. The molecule has 0 saturated carbocycles. The van der Waals surface area contributed by atoms with Crippen LogP contribution in [0.1, 0.15) is 39.2 Å². The van der Waals surface area contributed by atoms with Crippen molar-refractivity contribution in [3.8, 4) is 0 Å². The third kappa shape index (κ3) is 7.14. The summed E-state index contributed by atoms with van der Waals surface area (Å²) in [7, 11) is -4.08. The number of benzene rings is 3.